The van der Waals surface area contributed by atoms with E-state index in [1.165, 1.54) is 0 Å². The summed E-state index contributed by atoms with van der Waals surface area (Å²) in [4.78, 5) is 30.8. The molecule has 7 rings (SSSR count). The Hall–Kier alpha value is -4.47. The molecule has 0 bridgehead atoms. The molecule has 0 spiro atoms. The van der Waals surface area contributed by atoms with E-state index in [0.29, 0.717) is 43.6 Å². The Labute approximate surface area is 254 Å². The minimum atomic E-state index is -1.41. The number of imide groups is 1. The molecule has 9 heteroatoms. The van der Waals surface area contributed by atoms with Gasteiger partial charge in [-0.15, -0.1) is 0 Å². The van der Waals surface area contributed by atoms with Crippen molar-refractivity contribution >= 4 is 33.6 Å². The highest BCUT2D eigenvalue weighted by Crippen LogP contribution is 2.48. The Morgan fingerprint density at radius 3 is 2.61 bits per heavy atom. The van der Waals surface area contributed by atoms with E-state index in [1.807, 2.05) is 42.9 Å². The molecule has 2 atom stereocenters. The van der Waals surface area contributed by atoms with E-state index in [2.05, 4.69) is 50.6 Å². The zero-order valence-electron chi connectivity index (χ0n) is 24.8. The topological polar surface area (TPSA) is 100 Å². The number of carbonyl (C=O) groups is 2. The largest absolute Gasteiger partial charge is 0.384 e. The quantitative estimate of drug-likeness (QED) is 0.267. The van der Waals surface area contributed by atoms with Crippen LogP contribution >= 0.6 is 0 Å². The molecule has 2 fully saturated rings. The highest BCUT2D eigenvalue weighted by atomic mass is 19.1. The summed E-state index contributed by atoms with van der Waals surface area (Å²) >= 11 is 0. The summed E-state index contributed by atoms with van der Waals surface area (Å²) < 4.78 is 18.2. The van der Waals surface area contributed by atoms with Crippen LogP contribution in [-0.4, -0.2) is 49.7 Å². The Balaban J connectivity index is 1.10. The Bertz CT molecular complexity index is 1920. The van der Waals surface area contributed by atoms with Gasteiger partial charge in [0.15, 0.2) is 0 Å². The minimum Gasteiger partial charge on any atom is -0.384 e. The first-order valence-corrected chi connectivity index (χ1v) is 15.0. The van der Waals surface area contributed by atoms with Gasteiger partial charge in [-0.3, -0.25) is 24.8 Å². The highest BCUT2D eigenvalue weighted by molar-refractivity contribution is 6.01. The van der Waals surface area contributed by atoms with Crippen LogP contribution in [0.1, 0.15) is 55.7 Å². The number of likely N-dealkylation sites (tertiary alicyclic amines) is 1. The summed E-state index contributed by atoms with van der Waals surface area (Å²) in [5.41, 5.74) is 2.38. The van der Waals surface area contributed by atoms with Gasteiger partial charge in [0.25, 0.3) is 0 Å². The number of fused-ring (bicyclic) bond motifs is 2. The van der Waals surface area contributed by atoms with Crippen LogP contribution in [0.25, 0.3) is 27.5 Å². The van der Waals surface area contributed by atoms with Gasteiger partial charge in [-0.25, -0.2) is 9.07 Å². The van der Waals surface area contributed by atoms with Gasteiger partial charge in [0.1, 0.15) is 5.82 Å². The van der Waals surface area contributed by atoms with Crippen molar-refractivity contribution in [2.24, 2.45) is 5.41 Å². The van der Waals surface area contributed by atoms with Crippen molar-refractivity contribution in [3.05, 3.63) is 102 Å². The fourth-order valence-electron chi connectivity index (χ4n) is 6.94. The first-order valence-electron chi connectivity index (χ1n) is 15.0. The van der Waals surface area contributed by atoms with Crippen LogP contribution in [0.5, 0.6) is 0 Å². The molecular formula is C35H34FN5O3. The molecule has 4 heterocycles. The standard InChI is InChI=1S/C35H34FN5O3/c1-34(2)21-40(20-22-7-9-25(10-8-22)41-30-6-4-3-5-23(30)19-38-41)16-15-35(34,44)28-12-13-29-27(32(28)36)17-24(18-37-29)26-11-14-31(42)39-33(26)43/h3-10,12-13,17-19,26,44H,11,14-16,20-21H2,1-2H3,(H,39,42,43)/t26?,35-/m1/s1. The lowest BCUT2D eigenvalue weighted by molar-refractivity contribution is -0.134. The van der Waals surface area contributed by atoms with E-state index in [0.717, 1.165) is 22.2 Å². The number of halogens is 1. The number of nitrogens with zero attached hydrogens (tertiary/aromatic N) is 4. The van der Waals surface area contributed by atoms with Crippen LogP contribution in [0.3, 0.4) is 0 Å². The van der Waals surface area contributed by atoms with Crippen LogP contribution in [0.4, 0.5) is 4.39 Å². The van der Waals surface area contributed by atoms with Gasteiger partial charge >= 0.3 is 0 Å². The molecule has 0 saturated carbocycles. The van der Waals surface area contributed by atoms with Crippen molar-refractivity contribution in [2.45, 2.75) is 51.2 Å². The maximum Gasteiger partial charge on any atom is 0.234 e. The molecule has 2 aliphatic heterocycles. The summed E-state index contributed by atoms with van der Waals surface area (Å²) in [5.74, 6) is -1.78. The molecule has 2 saturated heterocycles. The predicted octanol–water partition coefficient (Wildman–Crippen LogP) is 5.35. The summed E-state index contributed by atoms with van der Waals surface area (Å²) in [7, 11) is 0. The predicted molar refractivity (Wildman–Crippen MR) is 165 cm³/mol. The number of carbonyl (C=O) groups excluding carboxylic acids is 2. The van der Waals surface area contributed by atoms with E-state index in [-0.39, 0.29) is 23.3 Å². The number of amides is 2. The third kappa shape index (κ3) is 4.76. The van der Waals surface area contributed by atoms with Crippen LogP contribution < -0.4 is 5.32 Å². The summed E-state index contributed by atoms with van der Waals surface area (Å²) in [6, 6.07) is 21.5. The molecule has 1 unspecified atom stereocenters. The van der Waals surface area contributed by atoms with Crippen molar-refractivity contribution in [3.8, 4) is 5.69 Å². The second kappa shape index (κ2) is 10.6. The van der Waals surface area contributed by atoms with Crippen molar-refractivity contribution in [2.75, 3.05) is 13.1 Å². The third-order valence-electron chi connectivity index (χ3n) is 9.50. The maximum absolute atomic E-state index is 16.3. The van der Waals surface area contributed by atoms with Crippen LogP contribution in [0, 0.1) is 11.2 Å². The lowest BCUT2D eigenvalue weighted by atomic mass is 9.66. The SMILES string of the molecule is CC1(C)CN(Cc2ccc(-n3ncc4ccccc43)cc2)CC[C@@]1(O)c1ccc2ncc(C3CCC(=O)NC3=O)cc2c1F. The number of aromatic nitrogens is 3. The van der Waals surface area contributed by atoms with Crippen molar-refractivity contribution in [1.29, 1.82) is 0 Å². The van der Waals surface area contributed by atoms with Crippen LogP contribution in [-0.2, 0) is 21.7 Å². The van der Waals surface area contributed by atoms with Crippen LogP contribution in [0.2, 0.25) is 0 Å². The lowest BCUT2D eigenvalue weighted by Crippen LogP contribution is -2.55. The molecule has 44 heavy (non-hydrogen) atoms. The van der Waals surface area contributed by atoms with E-state index >= 15 is 4.39 Å². The van der Waals surface area contributed by atoms with E-state index in [9.17, 15) is 14.7 Å². The number of benzene rings is 3. The Kier molecular flexibility index (Phi) is 6.82. The first kappa shape index (κ1) is 28.3. The van der Waals surface area contributed by atoms with E-state index < -0.39 is 28.7 Å². The number of nitrogens with one attached hydrogen (secondary N) is 1. The minimum absolute atomic E-state index is 0.229. The second-order valence-corrected chi connectivity index (χ2v) is 12.8. The van der Waals surface area contributed by atoms with Crippen molar-refractivity contribution < 1.29 is 19.1 Å². The molecule has 2 aliphatic rings. The number of para-hydroxylation sites is 1. The van der Waals surface area contributed by atoms with Crippen molar-refractivity contribution in [3.63, 3.8) is 0 Å². The van der Waals surface area contributed by atoms with Gasteiger partial charge in [0.05, 0.1) is 34.4 Å². The average molecular weight is 592 g/mol. The average Bonchev–Trinajstić information content (AvgIpc) is 3.44. The summed E-state index contributed by atoms with van der Waals surface area (Å²) in [5, 5.41) is 20.4. The van der Waals surface area contributed by atoms with Gasteiger partial charge in [0.2, 0.25) is 11.8 Å². The van der Waals surface area contributed by atoms with E-state index in [4.69, 9.17) is 0 Å². The van der Waals surface area contributed by atoms with E-state index in [1.54, 1.807) is 24.4 Å². The number of piperidine rings is 2. The fourth-order valence-corrected chi connectivity index (χ4v) is 6.94. The number of hydrogen-bond donors (Lipinski definition) is 2. The molecule has 3 aromatic carbocycles. The second-order valence-electron chi connectivity index (χ2n) is 12.8. The zero-order valence-corrected chi connectivity index (χ0v) is 24.8. The number of aliphatic hydroxyl groups is 1. The van der Waals surface area contributed by atoms with Gasteiger partial charge in [0, 0.05) is 54.0 Å². The Morgan fingerprint density at radius 1 is 1.05 bits per heavy atom. The highest BCUT2D eigenvalue weighted by Gasteiger charge is 2.50. The maximum atomic E-state index is 16.3. The molecular weight excluding hydrogens is 557 g/mol. The summed E-state index contributed by atoms with van der Waals surface area (Å²) in [6.45, 7) is 5.83. The number of rotatable bonds is 5. The molecule has 2 amide bonds. The monoisotopic (exact) mass is 591 g/mol. The van der Waals surface area contributed by atoms with Gasteiger partial charge in [-0.05, 0) is 54.3 Å². The smallest absolute Gasteiger partial charge is 0.234 e. The molecule has 2 aromatic heterocycles. The normalized spacial score (nSPS) is 22.4. The van der Waals surface area contributed by atoms with Gasteiger partial charge in [-0.1, -0.05) is 50.2 Å². The van der Waals surface area contributed by atoms with Gasteiger partial charge < -0.3 is 5.11 Å². The Morgan fingerprint density at radius 2 is 1.84 bits per heavy atom. The molecule has 0 radical (unpaired) electrons. The number of pyridine rings is 1. The molecule has 2 N–H and O–H groups in total. The molecule has 8 nitrogen and oxygen atoms in total. The molecule has 224 valence electrons. The number of hydrogen-bond acceptors (Lipinski definition) is 6. The third-order valence-corrected chi connectivity index (χ3v) is 9.50. The van der Waals surface area contributed by atoms with Gasteiger partial charge in [-0.2, -0.15) is 5.10 Å². The molecule has 5 aromatic rings. The zero-order chi connectivity index (χ0) is 30.6. The molecule has 0 aliphatic carbocycles. The van der Waals surface area contributed by atoms with Crippen LogP contribution in [0.15, 0.2) is 79.1 Å². The fraction of sp³-hybridized carbons (Fsp3) is 0.314. The summed E-state index contributed by atoms with van der Waals surface area (Å²) in [6.07, 6.45) is 4.39. The van der Waals surface area contributed by atoms with Crippen molar-refractivity contribution in [1.82, 2.24) is 25.0 Å². The lowest BCUT2D eigenvalue weighted by Gasteiger charge is -2.50. The first-order chi connectivity index (χ1) is 21.1.